The third kappa shape index (κ3) is 1.69. The molecule has 2 aromatic rings. The van der Waals surface area contributed by atoms with Crippen molar-refractivity contribution < 1.29 is 0 Å². The molecular formula is C12H16ClN3. The minimum Gasteiger partial charge on any atom is -0.306 e. The lowest BCUT2D eigenvalue weighted by Gasteiger charge is -2.27. The van der Waals surface area contributed by atoms with Crippen LogP contribution in [0.4, 0.5) is 0 Å². The number of rotatable bonds is 3. The van der Waals surface area contributed by atoms with Crippen LogP contribution in [0, 0.1) is 0 Å². The third-order valence-electron chi connectivity index (χ3n) is 3.08. The van der Waals surface area contributed by atoms with Gasteiger partial charge in [0, 0.05) is 11.7 Å². The summed E-state index contributed by atoms with van der Waals surface area (Å²) in [5, 5.41) is 0. The molecule has 2 rings (SSSR count). The minimum absolute atomic E-state index is 0.00662. The fraction of sp³-hybridized carbons (Fsp3) is 0.500. The van der Waals surface area contributed by atoms with Crippen molar-refractivity contribution in [2.45, 2.75) is 38.6 Å². The second kappa shape index (κ2) is 4.06. The molecule has 0 unspecified atom stereocenters. The van der Waals surface area contributed by atoms with Gasteiger partial charge in [0.25, 0.3) is 0 Å². The van der Waals surface area contributed by atoms with E-state index in [1.165, 1.54) is 0 Å². The van der Waals surface area contributed by atoms with E-state index in [4.69, 9.17) is 11.6 Å². The van der Waals surface area contributed by atoms with Gasteiger partial charge in [-0.1, -0.05) is 6.92 Å². The first-order valence-electron chi connectivity index (χ1n) is 5.49. The predicted octanol–water partition coefficient (Wildman–Crippen LogP) is 3.32. The van der Waals surface area contributed by atoms with Crippen LogP contribution in [-0.2, 0) is 11.4 Å². The van der Waals surface area contributed by atoms with E-state index in [1.807, 2.05) is 12.1 Å². The van der Waals surface area contributed by atoms with Crippen molar-refractivity contribution in [2.24, 2.45) is 0 Å². The molecule has 0 aliphatic carbocycles. The molecule has 2 aromatic heterocycles. The number of aromatic nitrogens is 3. The maximum atomic E-state index is 5.96. The highest BCUT2D eigenvalue weighted by Crippen LogP contribution is 2.27. The van der Waals surface area contributed by atoms with Crippen LogP contribution in [-0.4, -0.2) is 14.5 Å². The average molecular weight is 238 g/mol. The second-order valence-corrected chi connectivity index (χ2v) is 4.78. The number of halogens is 1. The summed E-state index contributed by atoms with van der Waals surface area (Å²) in [6.07, 6.45) is 2.81. The van der Waals surface area contributed by atoms with E-state index in [9.17, 15) is 0 Å². The maximum absolute atomic E-state index is 5.96. The normalized spacial score (nSPS) is 12.2. The van der Waals surface area contributed by atoms with Crippen LogP contribution < -0.4 is 0 Å². The molecule has 0 atom stereocenters. The molecule has 16 heavy (non-hydrogen) atoms. The number of hydrogen-bond acceptors (Lipinski definition) is 2. The van der Waals surface area contributed by atoms with Crippen molar-refractivity contribution in [3.63, 3.8) is 0 Å². The first-order valence-corrected chi connectivity index (χ1v) is 6.02. The van der Waals surface area contributed by atoms with Gasteiger partial charge >= 0.3 is 0 Å². The van der Waals surface area contributed by atoms with E-state index < -0.39 is 0 Å². The molecule has 0 saturated carbocycles. The van der Waals surface area contributed by atoms with Crippen LogP contribution in [0.1, 0.15) is 33.0 Å². The molecule has 4 heteroatoms. The molecule has 86 valence electrons. The molecule has 0 spiro atoms. The lowest BCUT2D eigenvalue weighted by Crippen LogP contribution is -2.27. The lowest BCUT2D eigenvalue weighted by atomic mass is 10.0. The van der Waals surface area contributed by atoms with Crippen LogP contribution in [0.15, 0.2) is 18.3 Å². The molecule has 0 aromatic carbocycles. The summed E-state index contributed by atoms with van der Waals surface area (Å²) in [5.74, 6) is 1.31. The van der Waals surface area contributed by atoms with Crippen molar-refractivity contribution in [3.05, 3.63) is 24.2 Å². The van der Waals surface area contributed by atoms with Gasteiger partial charge in [-0.05, 0) is 32.4 Å². The number of hydrogen-bond donors (Lipinski definition) is 0. The topological polar surface area (TPSA) is 30.7 Å². The number of imidazole rings is 1. The Bertz CT molecular complexity index is 502. The molecule has 3 nitrogen and oxygen atoms in total. The highest BCUT2D eigenvalue weighted by molar-refractivity contribution is 6.16. The average Bonchev–Trinajstić information content (AvgIpc) is 2.67. The van der Waals surface area contributed by atoms with Crippen molar-refractivity contribution in [3.8, 4) is 0 Å². The SMILES string of the molecule is CCC(C)(C)n1c(CCl)nc2cccnc21. The number of pyridine rings is 1. The summed E-state index contributed by atoms with van der Waals surface area (Å²) in [7, 11) is 0. The standard InChI is InChI=1S/C12H16ClN3/c1-4-12(2,3)16-10(8-13)15-9-6-5-7-14-11(9)16/h5-7H,4,8H2,1-3H3. The highest BCUT2D eigenvalue weighted by atomic mass is 35.5. The van der Waals surface area contributed by atoms with Gasteiger partial charge in [-0.25, -0.2) is 9.97 Å². The predicted molar refractivity (Wildman–Crippen MR) is 66.7 cm³/mol. The van der Waals surface area contributed by atoms with Gasteiger partial charge in [-0.3, -0.25) is 0 Å². The van der Waals surface area contributed by atoms with E-state index >= 15 is 0 Å². The Balaban J connectivity index is 2.74. The molecule has 0 bridgehead atoms. The van der Waals surface area contributed by atoms with E-state index in [0.29, 0.717) is 5.88 Å². The number of fused-ring (bicyclic) bond motifs is 1. The monoisotopic (exact) mass is 237 g/mol. The summed E-state index contributed by atoms with van der Waals surface area (Å²) in [5.41, 5.74) is 1.83. The zero-order valence-corrected chi connectivity index (χ0v) is 10.6. The smallest absolute Gasteiger partial charge is 0.160 e. The summed E-state index contributed by atoms with van der Waals surface area (Å²) in [4.78, 5) is 8.92. The summed E-state index contributed by atoms with van der Waals surface area (Å²) >= 11 is 5.96. The van der Waals surface area contributed by atoms with Gasteiger partial charge in [0.05, 0.1) is 5.88 Å². The summed E-state index contributed by atoms with van der Waals surface area (Å²) in [6, 6.07) is 3.87. The quantitative estimate of drug-likeness (QED) is 0.767. The number of nitrogens with zero attached hydrogens (tertiary/aromatic N) is 3. The molecule has 0 fully saturated rings. The Kier molecular flexibility index (Phi) is 2.89. The Morgan fingerprint density at radius 2 is 2.19 bits per heavy atom. The van der Waals surface area contributed by atoms with Gasteiger partial charge < -0.3 is 4.57 Å². The lowest BCUT2D eigenvalue weighted by molar-refractivity contribution is 0.342. The fourth-order valence-electron chi connectivity index (χ4n) is 1.84. The Hall–Kier alpha value is -1.09. The van der Waals surface area contributed by atoms with E-state index in [-0.39, 0.29) is 5.54 Å². The van der Waals surface area contributed by atoms with Gasteiger partial charge in [0.2, 0.25) is 0 Å². The molecule has 0 saturated heterocycles. The summed E-state index contributed by atoms with van der Waals surface area (Å²) in [6.45, 7) is 6.52. The summed E-state index contributed by atoms with van der Waals surface area (Å²) < 4.78 is 2.15. The van der Waals surface area contributed by atoms with Crippen LogP contribution in [0.3, 0.4) is 0 Å². The van der Waals surface area contributed by atoms with Gasteiger partial charge in [0.1, 0.15) is 11.3 Å². The van der Waals surface area contributed by atoms with Crippen molar-refractivity contribution in [2.75, 3.05) is 0 Å². The van der Waals surface area contributed by atoms with Crippen molar-refractivity contribution in [1.82, 2.24) is 14.5 Å². The molecule has 0 radical (unpaired) electrons. The van der Waals surface area contributed by atoms with Gasteiger partial charge in [-0.15, -0.1) is 11.6 Å². The first-order chi connectivity index (χ1) is 7.60. The molecule has 0 aliphatic rings. The Morgan fingerprint density at radius 3 is 2.81 bits per heavy atom. The molecule has 2 heterocycles. The molecule has 0 amide bonds. The Labute approximate surface area is 100 Å². The van der Waals surface area contributed by atoms with Crippen LogP contribution in [0.2, 0.25) is 0 Å². The van der Waals surface area contributed by atoms with Crippen molar-refractivity contribution >= 4 is 22.8 Å². The van der Waals surface area contributed by atoms with Crippen LogP contribution >= 0.6 is 11.6 Å². The number of alkyl halides is 1. The zero-order valence-electron chi connectivity index (χ0n) is 9.87. The molecule has 0 N–H and O–H groups in total. The molecule has 0 aliphatic heterocycles. The van der Waals surface area contributed by atoms with Gasteiger partial charge in [-0.2, -0.15) is 0 Å². The van der Waals surface area contributed by atoms with Crippen LogP contribution in [0.5, 0.6) is 0 Å². The van der Waals surface area contributed by atoms with E-state index in [1.54, 1.807) is 6.20 Å². The minimum atomic E-state index is -0.00662. The van der Waals surface area contributed by atoms with Crippen LogP contribution in [0.25, 0.3) is 11.2 Å². The first kappa shape index (κ1) is 11.4. The fourth-order valence-corrected chi connectivity index (χ4v) is 2.02. The highest BCUT2D eigenvalue weighted by Gasteiger charge is 2.24. The Morgan fingerprint density at radius 1 is 1.44 bits per heavy atom. The third-order valence-corrected chi connectivity index (χ3v) is 3.31. The van der Waals surface area contributed by atoms with Gasteiger partial charge in [0.15, 0.2) is 5.65 Å². The second-order valence-electron chi connectivity index (χ2n) is 4.51. The zero-order chi connectivity index (χ0) is 11.8. The van der Waals surface area contributed by atoms with E-state index in [0.717, 1.165) is 23.4 Å². The largest absolute Gasteiger partial charge is 0.306 e. The van der Waals surface area contributed by atoms with E-state index in [2.05, 4.69) is 35.3 Å². The maximum Gasteiger partial charge on any atom is 0.160 e. The van der Waals surface area contributed by atoms with Crippen molar-refractivity contribution in [1.29, 1.82) is 0 Å². The molecular weight excluding hydrogens is 222 g/mol.